The molecule has 1 aromatic rings. The highest BCUT2D eigenvalue weighted by molar-refractivity contribution is 6.94. The van der Waals surface area contributed by atoms with Crippen molar-refractivity contribution in [3.63, 3.8) is 0 Å². The summed E-state index contributed by atoms with van der Waals surface area (Å²) in [5.41, 5.74) is 7.40. The maximum absolute atomic E-state index is 2.73. The molecule has 1 atom stereocenters. The summed E-state index contributed by atoms with van der Waals surface area (Å²) >= 11 is 0. The van der Waals surface area contributed by atoms with Gasteiger partial charge in [0.05, 0.1) is 8.07 Å². The van der Waals surface area contributed by atoms with Crippen molar-refractivity contribution in [2.75, 3.05) is 18.0 Å². The molecule has 0 saturated heterocycles. The molecule has 114 valence electrons. The van der Waals surface area contributed by atoms with E-state index >= 15 is 0 Å². The van der Waals surface area contributed by atoms with Crippen molar-refractivity contribution in [2.45, 2.75) is 70.5 Å². The van der Waals surface area contributed by atoms with E-state index in [9.17, 15) is 0 Å². The van der Waals surface area contributed by atoms with Crippen molar-refractivity contribution in [1.82, 2.24) is 0 Å². The van der Waals surface area contributed by atoms with E-state index in [1.807, 2.05) is 5.19 Å². The van der Waals surface area contributed by atoms with Gasteiger partial charge in [0.1, 0.15) is 0 Å². The van der Waals surface area contributed by atoms with Crippen molar-refractivity contribution in [3.8, 4) is 0 Å². The lowest BCUT2D eigenvalue weighted by Gasteiger charge is -2.47. The minimum atomic E-state index is -1.27. The zero-order chi connectivity index (χ0) is 15.2. The first-order chi connectivity index (χ1) is 9.66. The SMILES string of the molecule is Cc1cc2c3c4c1C(C)(C)C[Si]4(C)CCN3CCC2(C)C. The van der Waals surface area contributed by atoms with E-state index < -0.39 is 8.07 Å². The quantitative estimate of drug-likeness (QED) is 0.653. The summed E-state index contributed by atoms with van der Waals surface area (Å²) in [4.78, 5) is 2.73. The van der Waals surface area contributed by atoms with Crippen LogP contribution < -0.4 is 10.1 Å². The van der Waals surface area contributed by atoms with E-state index in [4.69, 9.17) is 0 Å². The molecule has 1 aromatic carbocycles. The molecule has 1 unspecified atom stereocenters. The fourth-order valence-electron chi connectivity index (χ4n) is 5.74. The topological polar surface area (TPSA) is 3.24 Å². The third-order valence-electron chi connectivity index (χ3n) is 6.60. The number of hydrogen-bond acceptors (Lipinski definition) is 1. The van der Waals surface area contributed by atoms with E-state index in [1.54, 1.807) is 22.4 Å². The summed E-state index contributed by atoms with van der Waals surface area (Å²) in [6.07, 6.45) is 1.31. The van der Waals surface area contributed by atoms with Crippen LogP contribution in [0, 0.1) is 6.92 Å². The van der Waals surface area contributed by atoms with Crippen molar-refractivity contribution >= 4 is 18.9 Å². The molecule has 2 heteroatoms. The Morgan fingerprint density at radius 2 is 1.81 bits per heavy atom. The standard InChI is InChI=1S/C19H29NSi/c1-13-11-14-16-17-15(13)19(4,5)12-21(17,6)10-9-20(16)8-7-18(14,2)3/h11H,7-10,12H2,1-6H3. The number of anilines is 1. The molecule has 0 spiro atoms. The molecule has 0 saturated carbocycles. The Hall–Kier alpha value is -0.763. The Morgan fingerprint density at radius 1 is 1.10 bits per heavy atom. The molecule has 21 heavy (non-hydrogen) atoms. The van der Waals surface area contributed by atoms with Crippen LogP contribution in [0.5, 0.6) is 0 Å². The van der Waals surface area contributed by atoms with Crippen molar-refractivity contribution in [2.24, 2.45) is 0 Å². The summed E-state index contributed by atoms with van der Waals surface area (Å²) < 4.78 is 0. The van der Waals surface area contributed by atoms with Crippen LogP contribution in [-0.4, -0.2) is 21.2 Å². The molecule has 0 amide bonds. The van der Waals surface area contributed by atoms with Crippen molar-refractivity contribution in [1.29, 1.82) is 0 Å². The van der Waals surface area contributed by atoms with Gasteiger partial charge in [-0.25, -0.2) is 0 Å². The lowest BCUT2D eigenvalue weighted by atomic mass is 9.74. The summed E-state index contributed by atoms with van der Waals surface area (Å²) in [5, 5.41) is 1.86. The van der Waals surface area contributed by atoms with Crippen LogP contribution in [-0.2, 0) is 10.8 Å². The van der Waals surface area contributed by atoms with E-state index in [0.29, 0.717) is 10.8 Å². The molecule has 4 rings (SSSR count). The largest absolute Gasteiger partial charge is 0.372 e. The van der Waals surface area contributed by atoms with Crippen LogP contribution in [0.4, 0.5) is 5.69 Å². The highest BCUT2D eigenvalue weighted by Crippen LogP contribution is 2.51. The maximum Gasteiger partial charge on any atom is 0.0893 e. The predicted octanol–water partition coefficient (Wildman–Crippen LogP) is 4.07. The Kier molecular flexibility index (Phi) is 2.48. The second-order valence-electron chi connectivity index (χ2n) is 9.33. The first-order valence-corrected chi connectivity index (χ1v) is 11.5. The maximum atomic E-state index is 2.73. The Bertz CT molecular complexity index is 643. The van der Waals surface area contributed by atoms with Gasteiger partial charge < -0.3 is 4.90 Å². The molecule has 0 bridgehead atoms. The Labute approximate surface area is 130 Å². The van der Waals surface area contributed by atoms with E-state index in [1.165, 1.54) is 31.6 Å². The number of hydrogen-bond donors (Lipinski definition) is 0. The van der Waals surface area contributed by atoms with E-state index in [0.717, 1.165) is 0 Å². The van der Waals surface area contributed by atoms with Gasteiger partial charge in [0.15, 0.2) is 0 Å². The Balaban J connectivity index is 2.12. The lowest BCUT2D eigenvalue weighted by molar-refractivity contribution is 0.455. The molecule has 3 aliphatic heterocycles. The average molecular weight is 300 g/mol. The highest BCUT2D eigenvalue weighted by Gasteiger charge is 2.53. The van der Waals surface area contributed by atoms with E-state index in [2.05, 4.69) is 52.1 Å². The molecule has 0 aromatic heterocycles. The lowest BCUT2D eigenvalue weighted by Crippen LogP contribution is -2.55. The minimum Gasteiger partial charge on any atom is -0.372 e. The van der Waals surface area contributed by atoms with Crippen LogP contribution in [0.15, 0.2) is 6.07 Å². The molecule has 0 N–H and O–H groups in total. The first kappa shape index (κ1) is 13.9. The molecular weight excluding hydrogens is 270 g/mol. The van der Waals surface area contributed by atoms with Gasteiger partial charge in [0.25, 0.3) is 0 Å². The monoisotopic (exact) mass is 299 g/mol. The fourth-order valence-corrected chi connectivity index (χ4v) is 11.2. The van der Waals surface area contributed by atoms with Crippen LogP contribution in [0.1, 0.15) is 50.8 Å². The number of benzene rings is 1. The molecule has 0 fully saturated rings. The van der Waals surface area contributed by atoms with Gasteiger partial charge in [-0.3, -0.25) is 0 Å². The van der Waals surface area contributed by atoms with Gasteiger partial charge >= 0.3 is 0 Å². The Morgan fingerprint density at radius 3 is 2.52 bits per heavy atom. The average Bonchev–Trinajstić information content (AvgIpc) is 2.58. The third-order valence-corrected chi connectivity index (χ3v) is 11.3. The molecule has 1 nitrogen and oxygen atoms in total. The summed E-state index contributed by atoms with van der Waals surface area (Å²) in [7, 11) is -1.27. The summed E-state index contributed by atoms with van der Waals surface area (Å²) in [6.45, 7) is 17.5. The molecule has 3 heterocycles. The fraction of sp³-hybridized carbons (Fsp3) is 0.684. The predicted molar refractivity (Wildman–Crippen MR) is 94.9 cm³/mol. The van der Waals surface area contributed by atoms with Crippen LogP contribution in [0.2, 0.25) is 18.6 Å². The smallest absolute Gasteiger partial charge is 0.0893 e. The van der Waals surface area contributed by atoms with Gasteiger partial charge in [0.2, 0.25) is 0 Å². The minimum absolute atomic E-state index is 0.352. The second kappa shape index (κ2) is 3.76. The number of aryl methyl sites for hydroxylation is 1. The zero-order valence-corrected chi connectivity index (χ0v) is 15.6. The van der Waals surface area contributed by atoms with Gasteiger partial charge in [-0.05, 0) is 58.1 Å². The van der Waals surface area contributed by atoms with Crippen LogP contribution in [0.3, 0.4) is 0 Å². The van der Waals surface area contributed by atoms with Crippen LogP contribution in [0.25, 0.3) is 0 Å². The van der Waals surface area contributed by atoms with Crippen molar-refractivity contribution in [3.05, 3.63) is 22.8 Å². The number of rotatable bonds is 0. The van der Waals surface area contributed by atoms with Gasteiger partial charge in [-0.2, -0.15) is 0 Å². The summed E-state index contributed by atoms with van der Waals surface area (Å²) in [6, 6.07) is 5.48. The summed E-state index contributed by atoms with van der Waals surface area (Å²) in [5.74, 6) is 0. The molecule has 0 radical (unpaired) electrons. The van der Waals surface area contributed by atoms with E-state index in [-0.39, 0.29) is 0 Å². The van der Waals surface area contributed by atoms with Gasteiger partial charge in [-0.15, -0.1) is 0 Å². The van der Waals surface area contributed by atoms with Crippen molar-refractivity contribution < 1.29 is 0 Å². The molecular formula is C19H29NSi. The van der Waals surface area contributed by atoms with Gasteiger partial charge in [0, 0.05) is 18.8 Å². The first-order valence-electron chi connectivity index (χ1n) is 8.60. The second-order valence-corrected chi connectivity index (χ2v) is 13.8. The number of nitrogens with zero attached hydrogens (tertiary/aromatic N) is 1. The third kappa shape index (κ3) is 1.63. The molecule has 3 aliphatic rings. The van der Waals surface area contributed by atoms with Gasteiger partial charge in [-0.1, -0.05) is 40.3 Å². The molecule has 0 aliphatic carbocycles. The van der Waals surface area contributed by atoms with Crippen LogP contribution >= 0.6 is 0 Å². The normalized spacial score (nSPS) is 31.2. The highest BCUT2D eigenvalue weighted by atomic mass is 28.3. The zero-order valence-electron chi connectivity index (χ0n) is 14.6.